The van der Waals surface area contributed by atoms with Gasteiger partial charge in [0.2, 0.25) is 0 Å². The average Bonchev–Trinajstić information content (AvgIpc) is 2.53. The summed E-state index contributed by atoms with van der Waals surface area (Å²) in [6.07, 6.45) is -0.774. The van der Waals surface area contributed by atoms with Gasteiger partial charge in [0.1, 0.15) is 5.60 Å². The van der Waals surface area contributed by atoms with Gasteiger partial charge in [0.05, 0.1) is 0 Å². The molecule has 0 fully saturated rings. The van der Waals surface area contributed by atoms with Crippen LogP contribution >= 0.6 is 0 Å². The number of ether oxygens (including phenoxy) is 1. The van der Waals surface area contributed by atoms with Crippen molar-refractivity contribution in [2.45, 2.75) is 38.8 Å². The molecule has 0 aliphatic rings. The highest BCUT2D eigenvalue weighted by Crippen LogP contribution is 2.26. The minimum atomic E-state index is -1.59. The zero-order valence-electron chi connectivity index (χ0n) is 14.9. The Bertz CT molecular complexity index is 748. The van der Waals surface area contributed by atoms with Gasteiger partial charge in [0, 0.05) is 0 Å². The van der Waals surface area contributed by atoms with Crippen molar-refractivity contribution >= 4 is 12.1 Å². The third-order valence-corrected chi connectivity index (χ3v) is 3.75. The molecule has 0 radical (unpaired) electrons. The molecule has 0 bridgehead atoms. The van der Waals surface area contributed by atoms with Crippen molar-refractivity contribution in [1.82, 2.24) is 5.32 Å². The maximum absolute atomic E-state index is 12.0. The number of nitrogens with one attached hydrogen (secondary N) is 1. The Labute approximate surface area is 147 Å². The van der Waals surface area contributed by atoms with E-state index in [2.05, 4.69) is 5.32 Å². The Balaban J connectivity index is 2.28. The van der Waals surface area contributed by atoms with Crippen LogP contribution in [0, 0.1) is 0 Å². The number of benzene rings is 2. The number of aliphatic carboxylic acids is 1. The van der Waals surface area contributed by atoms with Crippen molar-refractivity contribution in [3.05, 3.63) is 60.2 Å². The van der Waals surface area contributed by atoms with Gasteiger partial charge < -0.3 is 15.2 Å². The molecule has 5 nitrogen and oxygen atoms in total. The lowest BCUT2D eigenvalue weighted by atomic mass is 9.90. The first-order valence-electron chi connectivity index (χ1n) is 8.02. The molecule has 2 aromatic carbocycles. The summed E-state index contributed by atoms with van der Waals surface area (Å²) in [6, 6.07) is 16.8. The van der Waals surface area contributed by atoms with E-state index in [1.807, 2.05) is 42.5 Å². The first-order chi connectivity index (χ1) is 11.6. The number of alkyl carbamates (subject to hydrolysis) is 1. The van der Waals surface area contributed by atoms with Crippen LogP contribution in [0.15, 0.2) is 54.6 Å². The monoisotopic (exact) mass is 341 g/mol. The fraction of sp³-hybridized carbons (Fsp3) is 0.300. The Kier molecular flexibility index (Phi) is 5.16. The minimum Gasteiger partial charge on any atom is -0.479 e. The summed E-state index contributed by atoms with van der Waals surface area (Å²) in [5.74, 6) is -1.16. The molecule has 5 heteroatoms. The van der Waals surface area contributed by atoms with E-state index in [-0.39, 0.29) is 0 Å². The van der Waals surface area contributed by atoms with Crippen LogP contribution in [-0.2, 0) is 15.1 Å². The lowest BCUT2D eigenvalue weighted by molar-refractivity contribution is -0.144. The summed E-state index contributed by atoms with van der Waals surface area (Å²) in [7, 11) is 0. The zero-order valence-corrected chi connectivity index (χ0v) is 14.9. The molecule has 1 atom stereocenters. The maximum Gasteiger partial charge on any atom is 0.408 e. The highest BCUT2D eigenvalue weighted by atomic mass is 16.6. The second-order valence-corrected chi connectivity index (χ2v) is 7.00. The predicted octanol–water partition coefficient (Wildman–Crippen LogP) is 4.18. The van der Waals surface area contributed by atoms with Gasteiger partial charge in [-0.1, -0.05) is 54.6 Å². The van der Waals surface area contributed by atoms with Gasteiger partial charge >= 0.3 is 12.1 Å². The van der Waals surface area contributed by atoms with Gasteiger partial charge in [0.15, 0.2) is 5.54 Å². The second-order valence-electron chi connectivity index (χ2n) is 7.00. The van der Waals surface area contributed by atoms with Crippen LogP contribution in [0.2, 0.25) is 0 Å². The zero-order chi connectivity index (χ0) is 18.7. The van der Waals surface area contributed by atoms with E-state index in [1.54, 1.807) is 32.9 Å². The summed E-state index contributed by atoms with van der Waals surface area (Å²) in [4.78, 5) is 23.9. The van der Waals surface area contributed by atoms with Gasteiger partial charge in [0.25, 0.3) is 0 Å². The highest BCUT2D eigenvalue weighted by molar-refractivity contribution is 5.85. The van der Waals surface area contributed by atoms with Crippen LogP contribution in [-0.4, -0.2) is 22.8 Å². The number of carboxylic acid groups (broad SMARTS) is 1. The topological polar surface area (TPSA) is 75.6 Å². The van der Waals surface area contributed by atoms with E-state index in [4.69, 9.17) is 4.74 Å². The summed E-state index contributed by atoms with van der Waals surface area (Å²) in [5.41, 5.74) is 0.171. The first kappa shape index (κ1) is 18.5. The maximum atomic E-state index is 12.0. The number of rotatable bonds is 4. The van der Waals surface area contributed by atoms with Gasteiger partial charge in [-0.3, -0.25) is 0 Å². The summed E-state index contributed by atoms with van der Waals surface area (Å²) in [6.45, 7) is 6.61. The van der Waals surface area contributed by atoms with Crippen molar-refractivity contribution in [2.75, 3.05) is 0 Å². The van der Waals surface area contributed by atoms with E-state index >= 15 is 0 Å². The second kappa shape index (κ2) is 6.97. The van der Waals surface area contributed by atoms with E-state index < -0.39 is 23.2 Å². The molecule has 1 unspecified atom stereocenters. The van der Waals surface area contributed by atoms with Gasteiger partial charge in [-0.05, 0) is 44.4 Å². The van der Waals surface area contributed by atoms with Crippen LogP contribution in [0.25, 0.3) is 11.1 Å². The number of carboxylic acids is 1. The first-order valence-corrected chi connectivity index (χ1v) is 8.02. The average molecular weight is 341 g/mol. The molecular formula is C20H23NO4. The lowest BCUT2D eigenvalue weighted by Gasteiger charge is -2.29. The Morgan fingerprint density at radius 3 is 1.88 bits per heavy atom. The van der Waals surface area contributed by atoms with E-state index in [0.717, 1.165) is 11.1 Å². The molecule has 2 aromatic rings. The molecule has 2 N–H and O–H groups in total. The molecule has 132 valence electrons. The standard InChI is InChI=1S/C20H23NO4/c1-19(2,3)25-18(24)21-20(4,17(22)23)16-12-10-15(11-13-16)14-8-6-5-7-9-14/h5-13H,1-4H3,(H,21,24)(H,22,23). The van der Waals surface area contributed by atoms with Crippen LogP contribution in [0.4, 0.5) is 4.79 Å². The quantitative estimate of drug-likeness (QED) is 0.875. The van der Waals surface area contributed by atoms with Crippen LogP contribution in [0.3, 0.4) is 0 Å². The molecule has 0 aliphatic carbocycles. The third kappa shape index (κ3) is 4.59. The number of hydrogen-bond donors (Lipinski definition) is 2. The number of carbonyl (C=O) groups excluding carboxylic acids is 1. The molecular weight excluding hydrogens is 318 g/mol. The van der Waals surface area contributed by atoms with E-state index in [9.17, 15) is 14.7 Å². The molecule has 0 spiro atoms. The molecule has 0 aromatic heterocycles. The van der Waals surface area contributed by atoms with E-state index in [0.29, 0.717) is 5.56 Å². The SMILES string of the molecule is CC(C)(C)OC(=O)NC(C)(C(=O)O)c1ccc(-c2ccccc2)cc1. The Morgan fingerprint density at radius 2 is 1.40 bits per heavy atom. The van der Waals surface area contributed by atoms with Crippen molar-refractivity contribution < 1.29 is 19.4 Å². The molecule has 0 heterocycles. The van der Waals surface area contributed by atoms with Crippen molar-refractivity contribution in [2.24, 2.45) is 0 Å². The van der Waals surface area contributed by atoms with Crippen molar-refractivity contribution in [3.63, 3.8) is 0 Å². The van der Waals surface area contributed by atoms with Crippen LogP contribution in [0.5, 0.6) is 0 Å². The summed E-state index contributed by atoms with van der Waals surface area (Å²) >= 11 is 0. The highest BCUT2D eigenvalue weighted by Gasteiger charge is 2.38. The fourth-order valence-corrected chi connectivity index (χ4v) is 2.38. The largest absolute Gasteiger partial charge is 0.479 e. The van der Waals surface area contributed by atoms with Crippen LogP contribution in [0.1, 0.15) is 33.3 Å². The molecule has 0 saturated carbocycles. The fourth-order valence-electron chi connectivity index (χ4n) is 2.38. The normalized spacial score (nSPS) is 13.6. The summed E-state index contributed by atoms with van der Waals surface area (Å²) in [5, 5.41) is 12.1. The predicted molar refractivity (Wildman–Crippen MR) is 96.2 cm³/mol. The van der Waals surface area contributed by atoms with E-state index in [1.165, 1.54) is 6.92 Å². The molecule has 1 amide bonds. The van der Waals surface area contributed by atoms with Crippen LogP contribution < -0.4 is 5.32 Å². The number of amides is 1. The van der Waals surface area contributed by atoms with Gasteiger partial charge in [-0.25, -0.2) is 9.59 Å². The summed E-state index contributed by atoms with van der Waals surface area (Å²) < 4.78 is 5.18. The molecule has 2 rings (SSSR count). The molecule has 0 saturated heterocycles. The third-order valence-electron chi connectivity index (χ3n) is 3.75. The minimum absolute atomic E-state index is 0.463. The van der Waals surface area contributed by atoms with Crippen molar-refractivity contribution in [3.8, 4) is 11.1 Å². The smallest absolute Gasteiger partial charge is 0.408 e. The number of carbonyl (C=O) groups is 2. The molecule has 25 heavy (non-hydrogen) atoms. The van der Waals surface area contributed by atoms with Crippen molar-refractivity contribution in [1.29, 1.82) is 0 Å². The molecule has 0 aliphatic heterocycles. The Morgan fingerprint density at radius 1 is 0.880 bits per heavy atom. The number of hydrogen-bond acceptors (Lipinski definition) is 3. The lowest BCUT2D eigenvalue weighted by Crippen LogP contribution is -2.51. The Hall–Kier alpha value is -2.82. The van der Waals surface area contributed by atoms with Gasteiger partial charge in [-0.15, -0.1) is 0 Å². The van der Waals surface area contributed by atoms with Gasteiger partial charge in [-0.2, -0.15) is 0 Å².